The number of nitrogens with zero attached hydrogens (tertiary/aromatic N) is 7. The topological polar surface area (TPSA) is 248 Å². The first kappa shape index (κ1) is 65.7. The summed E-state index contributed by atoms with van der Waals surface area (Å²) >= 11 is 1.58. The number of anilines is 1. The average Bonchev–Trinajstić information content (AvgIpc) is 3.25. The van der Waals surface area contributed by atoms with Gasteiger partial charge in [-0.15, -0.1) is 16.8 Å². The molecule has 87 heavy (non-hydrogen) atoms. The molecule has 0 saturated carbocycles. The van der Waals surface area contributed by atoms with Gasteiger partial charge in [-0.2, -0.15) is 0 Å². The van der Waals surface area contributed by atoms with Gasteiger partial charge < -0.3 is 72.4 Å². The molecule has 3 fully saturated rings. The number of rotatable bonds is 33. The van der Waals surface area contributed by atoms with Gasteiger partial charge in [0.2, 0.25) is 5.91 Å². The number of likely N-dealkylation sites (N-methyl/N-ethyl adjacent to an activating group) is 2. The predicted molar refractivity (Wildman–Crippen MR) is 324 cm³/mol. The zero-order valence-electron chi connectivity index (χ0n) is 51.2. The molecule has 24 nitrogen and oxygen atoms in total. The maximum absolute atomic E-state index is 13.8. The van der Waals surface area contributed by atoms with Gasteiger partial charge >= 0.3 is 5.97 Å². The van der Waals surface area contributed by atoms with Crippen molar-refractivity contribution in [3.8, 4) is 28.7 Å². The molecule has 25 heteroatoms. The fourth-order valence-electron chi connectivity index (χ4n) is 10.4. The number of imide groups is 1. The van der Waals surface area contributed by atoms with Crippen molar-refractivity contribution in [3.63, 3.8) is 0 Å². The van der Waals surface area contributed by atoms with Crippen LogP contribution in [0.3, 0.4) is 0 Å². The van der Waals surface area contributed by atoms with Gasteiger partial charge in [0.1, 0.15) is 25.6 Å². The maximum Gasteiger partial charge on any atom is 0.335 e. The molecule has 5 aliphatic rings. The Hall–Kier alpha value is -7.29. The van der Waals surface area contributed by atoms with Crippen LogP contribution in [0.4, 0.5) is 11.4 Å². The predicted octanol–water partition coefficient (Wildman–Crippen LogP) is 6.06. The van der Waals surface area contributed by atoms with Gasteiger partial charge in [-0.1, -0.05) is 23.3 Å². The average molecular weight is 1230 g/mol. The summed E-state index contributed by atoms with van der Waals surface area (Å²) in [5, 5.41) is 3.99. The second-order valence-corrected chi connectivity index (χ2v) is 23.9. The Balaban J connectivity index is 0.785. The lowest BCUT2D eigenvalue weighted by Crippen LogP contribution is -2.38. The molecule has 1 N–H and O–H groups in total. The number of hydroxylamine groups is 2. The summed E-state index contributed by atoms with van der Waals surface area (Å²) in [4.78, 5) is 97.8. The number of hydrogen-bond acceptors (Lipinski definition) is 21. The van der Waals surface area contributed by atoms with Crippen LogP contribution in [0.5, 0.6) is 28.7 Å². The van der Waals surface area contributed by atoms with Crippen molar-refractivity contribution < 1.29 is 76.2 Å². The zero-order valence-corrected chi connectivity index (χ0v) is 52.0. The van der Waals surface area contributed by atoms with Crippen molar-refractivity contribution in [3.05, 3.63) is 82.2 Å². The number of amides is 5. The Morgan fingerprint density at radius 2 is 1.29 bits per heavy atom. The van der Waals surface area contributed by atoms with Crippen LogP contribution in [0.15, 0.2) is 64.7 Å². The van der Waals surface area contributed by atoms with E-state index in [0.717, 1.165) is 12.8 Å². The van der Waals surface area contributed by atoms with Gasteiger partial charge in [-0.3, -0.25) is 33.9 Å². The van der Waals surface area contributed by atoms with E-state index in [1.165, 1.54) is 18.3 Å². The van der Waals surface area contributed by atoms with Crippen LogP contribution in [-0.2, 0) is 56.2 Å². The first-order valence-corrected chi connectivity index (χ1v) is 30.4. The van der Waals surface area contributed by atoms with E-state index in [0.29, 0.717) is 159 Å². The SMILES string of the molecule is C/C=C1\C[C@H]2CNc3cc(OCc4cc(OCCN(C)CC(C)(C)SCC(=O)N(C)CCOCCOCCOCCOCCC(=O)ON5C(=O)CCC5=O)cc(COc5cc6c(cc5OC)C(=O)N5C/C(=C/C)C[C@H]5C=N6)n4)c(OC)cc3C(=O)N2C1. The van der Waals surface area contributed by atoms with E-state index < -0.39 is 17.8 Å². The number of methoxy groups -OCH3 is 2. The second-order valence-electron chi connectivity index (χ2n) is 22.2. The van der Waals surface area contributed by atoms with Gasteiger partial charge in [0.05, 0.1) is 125 Å². The summed E-state index contributed by atoms with van der Waals surface area (Å²) in [7, 11) is 6.86. The summed E-state index contributed by atoms with van der Waals surface area (Å²) in [6, 6.07) is 10.5. The second kappa shape index (κ2) is 31.6. The number of ether oxygens (including phenoxy) is 9. The number of fused-ring (bicyclic) bond motifs is 4. The van der Waals surface area contributed by atoms with Crippen LogP contribution in [0.25, 0.3) is 0 Å². The Morgan fingerprint density at radius 1 is 0.701 bits per heavy atom. The molecular formula is C62H82N8O16S. The van der Waals surface area contributed by atoms with E-state index in [2.05, 4.69) is 36.2 Å². The highest BCUT2D eigenvalue weighted by atomic mass is 32.2. The highest BCUT2D eigenvalue weighted by Crippen LogP contribution is 2.41. The first-order valence-electron chi connectivity index (χ1n) is 29.4. The van der Waals surface area contributed by atoms with Gasteiger partial charge in [0, 0.05) is 94.4 Å². The fourth-order valence-corrected chi connectivity index (χ4v) is 11.5. The molecule has 472 valence electrons. The molecule has 1 aromatic heterocycles. The standard InChI is InChI=1S/C62H82N8O16S/c1-9-41-25-45-33-63-50-31-54(52(77-7)29-48(50)60(75)68(45)35-41)84-37-43-27-47(28-44(65-43)38-85-55-32-51-49(30-53(55)78-8)61(76)69-36-42(10-2)26-46(69)34-64-51)83-18-14-66(5)40-62(3,4)87-39-58(73)67(6)15-17-80-20-22-82-24-23-81-21-19-79-16-13-59(74)86-70-56(71)11-12-57(70)72/h9-10,27-33,45-46,64H,11-26,34-40H2,1-8H3/b41-9+,42-10+/t45-,46-/m0/s1. The molecule has 5 aliphatic heterocycles. The normalized spacial score (nSPS) is 18.1. The number of pyridine rings is 1. The third-order valence-corrected chi connectivity index (χ3v) is 16.6. The molecule has 0 unspecified atom stereocenters. The lowest BCUT2D eigenvalue weighted by atomic mass is 10.1. The Bertz CT molecular complexity index is 3030. The monoisotopic (exact) mass is 1230 g/mol. The molecule has 6 heterocycles. The van der Waals surface area contributed by atoms with Crippen LogP contribution >= 0.6 is 11.8 Å². The van der Waals surface area contributed by atoms with Crippen molar-refractivity contribution in [1.29, 1.82) is 0 Å². The van der Waals surface area contributed by atoms with Crippen LogP contribution in [0, 0.1) is 0 Å². The van der Waals surface area contributed by atoms with Crippen molar-refractivity contribution in [2.75, 3.05) is 138 Å². The minimum absolute atomic E-state index is 0.00378. The van der Waals surface area contributed by atoms with Crippen LogP contribution < -0.4 is 29.0 Å². The lowest BCUT2D eigenvalue weighted by molar-refractivity contribution is -0.198. The summed E-state index contributed by atoms with van der Waals surface area (Å²) in [5.41, 5.74) is 5.64. The highest BCUT2D eigenvalue weighted by molar-refractivity contribution is 8.01. The van der Waals surface area contributed by atoms with E-state index in [-0.39, 0.29) is 80.2 Å². The number of nitrogens with one attached hydrogen (secondary N) is 1. The van der Waals surface area contributed by atoms with E-state index >= 15 is 0 Å². The van der Waals surface area contributed by atoms with Gasteiger partial charge in [-0.05, 0) is 59.7 Å². The molecule has 0 radical (unpaired) electrons. The fraction of sp³-hybridized carbons (Fsp3) is 0.548. The molecule has 0 bridgehead atoms. The molecule has 0 aliphatic carbocycles. The smallest absolute Gasteiger partial charge is 0.335 e. The molecule has 5 amide bonds. The summed E-state index contributed by atoms with van der Waals surface area (Å²) < 4.78 is 52.7. The molecule has 2 aromatic carbocycles. The van der Waals surface area contributed by atoms with E-state index in [1.54, 1.807) is 49.0 Å². The highest BCUT2D eigenvalue weighted by Gasteiger charge is 2.38. The number of allylic oxidation sites excluding steroid dienone is 2. The number of benzene rings is 2. The lowest BCUT2D eigenvalue weighted by Gasteiger charge is -2.30. The Kier molecular flexibility index (Phi) is 23.8. The van der Waals surface area contributed by atoms with Gasteiger partial charge in [0.15, 0.2) is 23.0 Å². The van der Waals surface area contributed by atoms with Crippen molar-refractivity contribution >= 4 is 64.9 Å². The molecular weight excluding hydrogens is 1140 g/mol. The molecule has 0 spiro atoms. The molecule has 2 atom stereocenters. The number of aromatic nitrogens is 1. The number of carbonyl (C=O) groups is 6. The summed E-state index contributed by atoms with van der Waals surface area (Å²) in [5.74, 6) is 0.508. The van der Waals surface area contributed by atoms with E-state index in [4.69, 9.17) is 57.4 Å². The summed E-state index contributed by atoms with van der Waals surface area (Å²) in [6.45, 7) is 14.4. The minimum atomic E-state index is -0.721. The molecule has 3 saturated heterocycles. The third-order valence-electron chi connectivity index (χ3n) is 15.3. The Morgan fingerprint density at radius 3 is 1.93 bits per heavy atom. The number of hydrogen-bond donors (Lipinski definition) is 1. The van der Waals surface area contributed by atoms with E-state index in [1.807, 2.05) is 55.1 Å². The van der Waals surface area contributed by atoms with Crippen LogP contribution in [0.1, 0.15) is 91.9 Å². The largest absolute Gasteiger partial charge is 0.493 e. The molecule has 3 aromatic rings. The number of aliphatic imine (C=N–C) groups is 1. The van der Waals surface area contributed by atoms with Crippen molar-refractivity contribution in [2.24, 2.45) is 4.99 Å². The number of thioether (sulfide) groups is 1. The number of carbonyl (C=O) groups excluding carboxylic acids is 6. The first-order chi connectivity index (χ1) is 42.0. The third kappa shape index (κ3) is 18.2. The quantitative estimate of drug-likeness (QED) is 0.0413. The van der Waals surface area contributed by atoms with Crippen LogP contribution in [-0.4, -0.2) is 221 Å². The zero-order chi connectivity index (χ0) is 62.0. The van der Waals surface area contributed by atoms with Crippen LogP contribution in [0.2, 0.25) is 0 Å². The van der Waals surface area contributed by atoms with Gasteiger partial charge in [-0.25, -0.2) is 4.79 Å². The van der Waals surface area contributed by atoms with Gasteiger partial charge in [0.25, 0.3) is 23.6 Å². The summed E-state index contributed by atoms with van der Waals surface area (Å²) in [6.07, 6.45) is 7.49. The molecule has 8 rings (SSSR count). The van der Waals surface area contributed by atoms with E-state index in [9.17, 15) is 28.8 Å². The van der Waals surface area contributed by atoms with Crippen molar-refractivity contribution in [2.45, 2.75) is 89.8 Å². The minimum Gasteiger partial charge on any atom is -0.493 e. The maximum atomic E-state index is 13.8. The Labute approximate surface area is 512 Å². The van der Waals surface area contributed by atoms with Crippen molar-refractivity contribution in [1.82, 2.24) is 29.6 Å².